The summed E-state index contributed by atoms with van der Waals surface area (Å²) < 4.78 is 42.7. The van der Waals surface area contributed by atoms with E-state index >= 15 is 0 Å². The van der Waals surface area contributed by atoms with Crippen LogP contribution in [0.1, 0.15) is 24.5 Å². The average Bonchev–Trinajstić information content (AvgIpc) is 2.60. The van der Waals surface area contributed by atoms with Crippen LogP contribution in [0.15, 0.2) is 53.3 Å². The van der Waals surface area contributed by atoms with Gasteiger partial charge in [0.2, 0.25) is 10.0 Å². The number of hydrogen-bond acceptors (Lipinski definition) is 3. The lowest BCUT2D eigenvalue weighted by molar-refractivity contribution is 0.599. The summed E-state index contributed by atoms with van der Waals surface area (Å²) in [4.78, 5) is 12.0. The molecule has 1 heterocycles. The molecule has 7 heteroatoms. The molecular formula is C20H21FN2O3S. The molecule has 0 radical (unpaired) electrons. The molecule has 0 spiro atoms. The Labute approximate surface area is 157 Å². The number of halogens is 1. The maximum absolute atomic E-state index is 13.6. The van der Waals surface area contributed by atoms with Gasteiger partial charge < -0.3 is 4.57 Å². The maximum atomic E-state index is 13.6. The molecule has 0 fully saturated rings. The Hall–Kier alpha value is -2.67. The van der Waals surface area contributed by atoms with E-state index in [4.69, 9.17) is 0 Å². The number of pyridine rings is 1. The molecule has 3 aromatic rings. The number of aromatic nitrogens is 1. The molecule has 1 aromatic heterocycles. The van der Waals surface area contributed by atoms with Crippen LogP contribution >= 0.6 is 0 Å². The number of hydrogen-bond donors (Lipinski definition) is 1. The normalized spacial score (nSPS) is 11.7. The minimum Gasteiger partial charge on any atom is -0.308 e. The van der Waals surface area contributed by atoms with Crippen molar-refractivity contribution in [3.63, 3.8) is 0 Å². The van der Waals surface area contributed by atoms with E-state index in [2.05, 4.69) is 4.72 Å². The molecule has 0 saturated heterocycles. The topological polar surface area (TPSA) is 68.2 Å². The molecule has 0 bridgehead atoms. The molecule has 2 aromatic carbocycles. The molecule has 1 N–H and O–H groups in total. The third-order valence-electron chi connectivity index (χ3n) is 4.30. The zero-order valence-corrected chi connectivity index (χ0v) is 16.0. The molecule has 0 amide bonds. The van der Waals surface area contributed by atoms with Gasteiger partial charge >= 0.3 is 0 Å². The van der Waals surface area contributed by atoms with E-state index in [1.54, 1.807) is 47.9 Å². The van der Waals surface area contributed by atoms with Crippen molar-refractivity contribution in [1.29, 1.82) is 0 Å². The first-order chi connectivity index (χ1) is 12.8. The van der Waals surface area contributed by atoms with Crippen LogP contribution in [-0.4, -0.2) is 13.0 Å². The van der Waals surface area contributed by atoms with Crippen molar-refractivity contribution in [1.82, 2.24) is 4.57 Å². The van der Waals surface area contributed by atoms with Gasteiger partial charge in [-0.15, -0.1) is 0 Å². The first kappa shape index (κ1) is 19.1. The standard InChI is InChI=1S/C20H21FN2O3S/c1-3-10-23-19-8-7-17(12-16(19)6-9-20(23)24)22-27(25,26)13-15-5-4-14(2)18(21)11-15/h4-9,11-12,22H,3,10,13H2,1-2H3. The Morgan fingerprint density at radius 1 is 1.07 bits per heavy atom. The summed E-state index contributed by atoms with van der Waals surface area (Å²) in [6.07, 6.45) is 0.820. The number of aryl methyl sites for hydroxylation is 2. The fourth-order valence-electron chi connectivity index (χ4n) is 2.98. The Morgan fingerprint density at radius 3 is 2.56 bits per heavy atom. The third kappa shape index (κ3) is 4.36. The number of anilines is 1. The summed E-state index contributed by atoms with van der Waals surface area (Å²) in [6.45, 7) is 4.21. The monoisotopic (exact) mass is 388 g/mol. The highest BCUT2D eigenvalue weighted by Crippen LogP contribution is 2.20. The van der Waals surface area contributed by atoms with Crippen LogP contribution in [-0.2, 0) is 22.3 Å². The zero-order valence-electron chi connectivity index (χ0n) is 15.2. The van der Waals surface area contributed by atoms with E-state index in [0.29, 0.717) is 23.4 Å². The van der Waals surface area contributed by atoms with Crippen molar-refractivity contribution in [3.05, 3.63) is 75.8 Å². The minimum absolute atomic E-state index is 0.0842. The van der Waals surface area contributed by atoms with E-state index in [1.807, 2.05) is 6.92 Å². The van der Waals surface area contributed by atoms with Gasteiger partial charge in [-0.2, -0.15) is 0 Å². The second-order valence-corrected chi connectivity index (χ2v) is 8.26. The molecular weight excluding hydrogens is 367 g/mol. The summed E-state index contributed by atoms with van der Waals surface area (Å²) >= 11 is 0. The van der Waals surface area contributed by atoms with Crippen LogP contribution in [0.2, 0.25) is 0 Å². The third-order valence-corrected chi connectivity index (χ3v) is 5.56. The summed E-state index contributed by atoms with van der Waals surface area (Å²) in [5.41, 5.74) is 1.92. The summed E-state index contributed by atoms with van der Waals surface area (Å²) in [7, 11) is -3.70. The zero-order chi connectivity index (χ0) is 19.6. The molecule has 3 rings (SSSR count). The van der Waals surface area contributed by atoms with Crippen LogP contribution in [0, 0.1) is 12.7 Å². The highest BCUT2D eigenvalue weighted by Gasteiger charge is 2.14. The molecule has 0 aliphatic rings. The van der Waals surface area contributed by atoms with Crippen molar-refractivity contribution in [2.75, 3.05) is 4.72 Å². The van der Waals surface area contributed by atoms with Gasteiger partial charge in [0.1, 0.15) is 5.82 Å². The van der Waals surface area contributed by atoms with Crippen LogP contribution in [0.4, 0.5) is 10.1 Å². The quantitative estimate of drug-likeness (QED) is 0.698. The largest absolute Gasteiger partial charge is 0.308 e. The number of nitrogens with one attached hydrogen (secondary N) is 1. The molecule has 0 saturated carbocycles. The van der Waals surface area contributed by atoms with Gasteiger partial charge in [0.15, 0.2) is 0 Å². The number of benzene rings is 2. The lowest BCUT2D eigenvalue weighted by Gasteiger charge is -2.12. The molecule has 0 atom stereocenters. The Bertz CT molecular complexity index is 1150. The maximum Gasteiger partial charge on any atom is 0.251 e. The Kier molecular flexibility index (Phi) is 5.32. The second-order valence-electron chi connectivity index (χ2n) is 6.54. The van der Waals surface area contributed by atoms with Gasteiger partial charge in [0.05, 0.1) is 11.3 Å². The van der Waals surface area contributed by atoms with Crippen molar-refractivity contribution in [2.45, 2.75) is 32.6 Å². The fraction of sp³-hybridized carbons (Fsp3) is 0.250. The van der Waals surface area contributed by atoms with Crippen molar-refractivity contribution in [3.8, 4) is 0 Å². The summed E-state index contributed by atoms with van der Waals surface area (Å²) in [6, 6.07) is 12.6. The van der Waals surface area contributed by atoms with E-state index in [9.17, 15) is 17.6 Å². The summed E-state index contributed by atoms with van der Waals surface area (Å²) in [5, 5.41) is 0.768. The highest BCUT2D eigenvalue weighted by molar-refractivity contribution is 7.91. The Balaban J connectivity index is 1.88. The van der Waals surface area contributed by atoms with Gasteiger partial charge in [0, 0.05) is 23.7 Å². The number of rotatable bonds is 6. The number of sulfonamides is 1. The van der Waals surface area contributed by atoms with Crippen LogP contribution in [0.25, 0.3) is 10.9 Å². The lowest BCUT2D eigenvalue weighted by atomic mass is 10.2. The fourth-order valence-corrected chi connectivity index (χ4v) is 4.16. The molecule has 0 unspecified atom stereocenters. The number of fused-ring (bicyclic) bond motifs is 1. The molecule has 5 nitrogen and oxygen atoms in total. The predicted octanol–water partition coefficient (Wildman–Crippen LogP) is 3.80. The Morgan fingerprint density at radius 2 is 1.85 bits per heavy atom. The van der Waals surface area contributed by atoms with Crippen molar-refractivity contribution >= 4 is 26.6 Å². The van der Waals surface area contributed by atoms with Crippen LogP contribution < -0.4 is 10.3 Å². The van der Waals surface area contributed by atoms with E-state index < -0.39 is 15.8 Å². The first-order valence-electron chi connectivity index (χ1n) is 8.68. The van der Waals surface area contributed by atoms with Gasteiger partial charge in [-0.1, -0.05) is 19.1 Å². The van der Waals surface area contributed by atoms with Crippen molar-refractivity contribution in [2.24, 2.45) is 0 Å². The second kappa shape index (κ2) is 7.52. The van der Waals surface area contributed by atoms with Gasteiger partial charge in [-0.25, -0.2) is 12.8 Å². The van der Waals surface area contributed by atoms with Gasteiger partial charge in [-0.05, 0) is 54.8 Å². The van der Waals surface area contributed by atoms with Crippen LogP contribution in [0.3, 0.4) is 0 Å². The smallest absolute Gasteiger partial charge is 0.251 e. The van der Waals surface area contributed by atoms with E-state index in [1.165, 1.54) is 12.1 Å². The average molecular weight is 388 g/mol. The van der Waals surface area contributed by atoms with Gasteiger partial charge in [-0.3, -0.25) is 9.52 Å². The molecule has 142 valence electrons. The molecule has 27 heavy (non-hydrogen) atoms. The van der Waals surface area contributed by atoms with Crippen LogP contribution in [0.5, 0.6) is 0 Å². The minimum atomic E-state index is -3.70. The predicted molar refractivity (Wildman–Crippen MR) is 106 cm³/mol. The lowest BCUT2D eigenvalue weighted by Crippen LogP contribution is -2.19. The number of nitrogens with zero attached hydrogens (tertiary/aromatic N) is 1. The summed E-state index contributed by atoms with van der Waals surface area (Å²) in [5.74, 6) is -0.750. The first-order valence-corrected chi connectivity index (χ1v) is 10.3. The molecule has 0 aliphatic carbocycles. The van der Waals surface area contributed by atoms with E-state index in [0.717, 1.165) is 17.3 Å². The molecule has 0 aliphatic heterocycles. The van der Waals surface area contributed by atoms with Crippen molar-refractivity contribution < 1.29 is 12.8 Å². The SMILES string of the molecule is CCCn1c(=O)ccc2cc(NS(=O)(=O)Cc3ccc(C)c(F)c3)ccc21. The van der Waals surface area contributed by atoms with E-state index in [-0.39, 0.29) is 11.3 Å². The highest BCUT2D eigenvalue weighted by atomic mass is 32.2. The van der Waals surface area contributed by atoms with Gasteiger partial charge in [0.25, 0.3) is 5.56 Å².